The van der Waals surface area contributed by atoms with Gasteiger partial charge in [-0.3, -0.25) is 4.79 Å². The highest BCUT2D eigenvalue weighted by atomic mass is 35.5. The quantitative estimate of drug-likeness (QED) is 0.824. The maximum Gasteiger partial charge on any atom is 0.304 e. The molecule has 0 atom stereocenters. The fourth-order valence-corrected chi connectivity index (χ4v) is 4.03. The van der Waals surface area contributed by atoms with Crippen molar-refractivity contribution in [3.8, 4) is 5.75 Å². The van der Waals surface area contributed by atoms with Crippen molar-refractivity contribution >= 4 is 27.6 Å². The van der Waals surface area contributed by atoms with E-state index in [0.29, 0.717) is 5.02 Å². The minimum Gasteiger partial charge on any atom is -0.495 e. The highest BCUT2D eigenvalue weighted by Gasteiger charge is 2.39. The molecule has 0 radical (unpaired) electrons. The zero-order valence-electron chi connectivity index (χ0n) is 11.5. The van der Waals surface area contributed by atoms with E-state index in [1.807, 2.05) is 0 Å². The first-order chi connectivity index (χ1) is 9.86. The Bertz CT molecular complexity index is 642. The van der Waals surface area contributed by atoms with Gasteiger partial charge in [0.05, 0.1) is 13.5 Å². The molecule has 21 heavy (non-hydrogen) atoms. The Hall–Kier alpha value is -1.31. The second-order valence-corrected chi connectivity index (χ2v) is 7.08. The predicted octanol–water partition coefficient (Wildman–Crippen LogP) is 1.98. The molecule has 0 unspecified atom stereocenters. The van der Waals surface area contributed by atoms with Crippen molar-refractivity contribution < 1.29 is 23.1 Å². The number of aliphatic carboxylic acids is 1. The van der Waals surface area contributed by atoms with Crippen LogP contribution in [0.3, 0.4) is 0 Å². The molecule has 6 nitrogen and oxygen atoms in total. The summed E-state index contributed by atoms with van der Waals surface area (Å²) in [7, 11) is -2.44. The van der Waals surface area contributed by atoms with Crippen LogP contribution in [-0.2, 0) is 14.8 Å². The maximum atomic E-state index is 12.7. The van der Waals surface area contributed by atoms with E-state index in [1.54, 1.807) is 0 Å². The van der Waals surface area contributed by atoms with Crippen LogP contribution in [-0.4, -0.2) is 43.5 Å². The maximum absolute atomic E-state index is 12.7. The van der Waals surface area contributed by atoms with E-state index in [0.717, 1.165) is 12.8 Å². The Balaban J connectivity index is 2.36. The van der Waals surface area contributed by atoms with Crippen LogP contribution in [0.1, 0.15) is 19.3 Å². The first kappa shape index (κ1) is 16.1. The number of halogens is 1. The number of benzene rings is 1. The van der Waals surface area contributed by atoms with E-state index in [4.69, 9.17) is 21.4 Å². The minimum atomic E-state index is -3.81. The number of sulfonamides is 1. The normalized spacial score (nSPS) is 15.2. The van der Waals surface area contributed by atoms with Crippen LogP contribution in [0.15, 0.2) is 23.1 Å². The third-order valence-corrected chi connectivity index (χ3v) is 5.44. The van der Waals surface area contributed by atoms with Crippen molar-refractivity contribution in [3.63, 3.8) is 0 Å². The Kier molecular flexibility index (Phi) is 4.75. The SMILES string of the molecule is COc1cc(Cl)ccc1S(=O)(=O)N(CCC(=O)O)C1CC1. The molecule has 1 aliphatic rings. The zero-order valence-corrected chi connectivity index (χ0v) is 13.0. The lowest BCUT2D eigenvalue weighted by Crippen LogP contribution is -2.35. The summed E-state index contributed by atoms with van der Waals surface area (Å²) in [6, 6.07) is 4.15. The number of methoxy groups -OCH3 is 1. The van der Waals surface area contributed by atoms with Gasteiger partial charge < -0.3 is 9.84 Å². The molecule has 0 aliphatic heterocycles. The van der Waals surface area contributed by atoms with Crippen LogP contribution in [0.25, 0.3) is 0 Å². The molecular formula is C13H16ClNO5S. The molecule has 1 aliphatic carbocycles. The molecule has 1 aromatic rings. The average molecular weight is 334 g/mol. The van der Waals surface area contributed by atoms with Gasteiger partial charge in [0.2, 0.25) is 10.0 Å². The van der Waals surface area contributed by atoms with Gasteiger partial charge in [-0.15, -0.1) is 0 Å². The van der Waals surface area contributed by atoms with Gasteiger partial charge >= 0.3 is 5.97 Å². The molecule has 0 spiro atoms. The van der Waals surface area contributed by atoms with E-state index in [2.05, 4.69) is 0 Å². The lowest BCUT2D eigenvalue weighted by atomic mass is 10.3. The fraction of sp³-hybridized carbons (Fsp3) is 0.462. The van der Waals surface area contributed by atoms with Crippen molar-refractivity contribution in [2.24, 2.45) is 0 Å². The summed E-state index contributed by atoms with van der Waals surface area (Å²) >= 11 is 5.84. The van der Waals surface area contributed by atoms with Crippen molar-refractivity contribution in [1.29, 1.82) is 0 Å². The number of nitrogens with zero attached hydrogens (tertiary/aromatic N) is 1. The third kappa shape index (κ3) is 3.66. The van der Waals surface area contributed by atoms with Crippen LogP contribution in [0.5, 0.6) is 5.75 Å². The standard InChI is InChI=1S/C13H16ClNO5S/c1-20-11-8-9(14)2-5-12(11)21(18,19)15(10-3-4-10)7-6-13(16)17/h2,5,8,10H,3-4,6-7H2,1H3,(H,16,17). The van der Waals surface area contributed by atoms with Gasteiger partial charge in [-0.05, 0) is 25.0 Å². The largest absolute Gasteiger partial charge is 0.495 e. The molecular weight excluding hydrogens is 318 g/mol. The first-order valence-electron chi connectivity index (χ1n) is 6.43. The lowest BCUT2D eigenvalue weighted by Gasteiger charge is -2.22. The highest BCUT2D eigenvalue weighted by Crippen LogP contribution is 2.36. The van der Waals surface area contributed by atoms with E-state index < -0.39 is 16.0 Å². The molecule has 0 saturated heterocycles. The Morgan fingerprint density at radius 3 is 2.67 bits per heavy atom. The fourth-order valence-electron chi connectivity index (χ4n) is 2.05. The monoisotopic (exact) mass is 333 g/mol. The van der Waals surface area contributed by atoms with E-state index in [9.17, 15) is 13.2 Å². The van der Waals surface area contributed by atoms with Crippen molar-refractivity contribution in [3.05, 3.63) is 23.2 Å². The van der Waals surface area contributed by atoms with Gasteiger partial charge in [0.25, 0.3) is 0 Å². The van der Waals surface area contributed by atoms with Crippen LogP contribution in [0.2, 0.25) is 5.02 Å². The molecule has 2 rings (SSSR count). The Labute approximate surface area is 128 Å². The van der Waals surface area contributed by atoms with E-state index in [1.165, 1.54) is 29.6 Å². The summed E-state index contributed by atoms with van der Waals surface area (Å²) in [5, 5.41) is 9.14. The molecule has 1 fully saturated rings. The predicted molar refractivity (Wildman–Crippen MR) is 77.2 cm³/mol. The van der Waals surface area contributed by atoms with Crippen LogP contribution in [0, 0.1) is 0 Å². The summed E-state index contributed by atoms with van der Waals surface area (Å²) in [6.45, 7) is -0.0475. The number of ether oxygens (including phenoxy) is 1. The lowest BCUT2D eigenvalue weighted by molar-refractivity contribution is -0.137. The van der Waals surface area contributed by atoms with Gasteiger partial charge in [0.1, 0.15) is 10.6 Å². The van der Waals surface area contributed by atoms with E-state index >= 15 is 0 Å². The van der Waals surface area contributed by atoms with Crippen molar-refractivity contribution in [2.45, 2.75) is 30.2 Å². The summed E-state index contributed by atoms with van der Waals surface area (Å²) in [4.78, 5) is 10.7. The second kappa shape index (κ2) is 6.21. The van der Waals surface area contributed by atoms with Gasteiger partial charge in [-0.25, -0.2) is 8.42 Å². The first-order valence-corrected chi connectivity index (χ1v) is 8.25. The van der Waals surface area contributed by atoms with Crippen LogP contribution >= 0.6 is 11.6 Å². The number of carboxylic acid groups (broad SMARTS) is 1. The van der Waals surface area contributed by atoms with Gasteiger partial charge in [0.15, 0.2) is 0 Å². The summed E-state index contributed by atoms with van der Waals surface area (Å²) in [5.41, 5.74) is 0. The van der Waals surface area contributed by atoms with Gasteiger partial charge in [-0.2, -0.15) is 4.31 Å². The topological polar surface area (TPSA) is 83.9 Å². The number of hydrogen-bond acceptors (Lipinski definition) is 4. The smallest absolute Gasteiger partial charge is 0.304 e. The molecule has 0 bridgehead atoms. The molecule has 0 heterocycles. The number of carboxylic acids is 1. The molecule has 1 N–H and O–H groups in total. The molecule has 1 aromatic carbocycles. The van der Waals surface area contributed by atoms with Crippen LogP contribution in [0.4, 0.5) is 0 Å². The zero-order chi connectivity index (χ0) is 15.6. The molecule has 8 heteroatoms. The average Bonchev–Trinajstić information content (AvgIpc) is 3.22. The van der Waals surface area contributed by atoms with Crippen molar-refractivity contribution in [2.75, 3.05) is 13.7 Å². The molecule has 1 saturated carbocycles. The van der Waals surface area contributed by atoms with E-state index in [-0.39, 0.29) is 29.7 Å². The van der Waals surface area contributed by atoms with Gasteiger partial charge in [0, 0.05) is 23.7 Å². The Morgan fingerprint density at radius 2 is 2.14 bits per heavy atom. The molecule has 0 aromatic heterocycles. The van der Waals surface area contributed by atoms with Crippen molar-refractivity contribution in [1.82, 2.24) is 4.31 Å². The summed E-state index contributed by atoms with van der Waals surface area (Å²) in [5.74, 6) is -0.873. The second-order valence-electron chi connectivity index (χ2n) is 4.79. The van der Waals surface area contributed by atoms with Crippen LogP contribution < -0.4 is 4.74 Å². The Morgan fingerprint density at radius 1 is 1.48 bits per heavy atom. The summed E-state index contributed by atoms with van der Waals surface area (Å²) < 4.78 is 31.8. The minimum absolute atomic E-state index is 0.00619. The number of hydrogen-bond donors (Lipinski definition) is 1. The molecule has 116 valence electrons. The molecule has 0 amide bonds. The van der Waals surface area contributed by atoms with Gasteiger partial charge in [-0.1, -0.05) is 11.6 Å². The summed E-state index contributed by atoms with van der Waals surface area (Å²) in [6.07, 6.45) is 1.26. The highest BCUT2D eigenvalue weighted by molar-refractivity contribution is 7.89. The number of carbonyl (C=O) groups is 1. The third-order valence-electron chi connectivity index (χ3n) is 3.21. The number of rotatable bonds is 7.